The van der Waals surface area contributed by atoms with E-state index >= 15 is 0 Å². The first kappa shape index (κ1) is 16.7. The number of anilines is 1. The molecule has 2 aromatic carbocycles. The van der Waals surface area contributed by atoms with Crippen LogP contribution in [0.3, 0.4) is 0 Å². The molecule has 1 amide bonds. The predicted molar refractivity (Wildman–Crippen MR) is 94.9 cm³/mol. The fourth-order valence-corrected chi connectivity index (χ4v) is 3.39. The molecule has 0 saturated heterocycles. The Morgan fingerprint density at radius 3 is 2.85 bits per heavy atom. The molecule has 4 rings (SSSR count). The number of benzene rings is 2. The molecule has 0 unspecified atom stereocenters. The summed E-state index contributed by atoms with van der Waals surface area (Å²) in [5.74, 6) is -1.73. The Balaban J connectivity index is 1.68. The molecule has 0 atom stereocenters. The summed E-state index contributed by atoms with van der Waals surface area (Å²) in [7, 11) is 0. The number of carbonyl (C=O) groups excluding carboxylic acids is 1. The van der Waals surface area contributed by atoms with Gasteiger partial charge in [0.2, 0.25) is 0 Å². The molecular weight excluding hydrogens is 360 g/mol. The zero-order valence-corrected chi connectivity index (χ0v) is 14.4. The van der Waals surface area contributed by atoms with Gasteiger partial charge in [-0.25, -0.2) is 13.5 Å². The summed E-state index contributed by atoms with van der Waals surface area (Å²) in [6.07, 6.45) is 4.18. The van der Waals surface area contributed by atoms with E-state index in [2.05, 4.69) is 5.10 Å². The Kier molecular flexibility index (Phi) is 4.20. The molecule has 0 N–H and O–H groups in total. The third kappa shape index (κ3) is 2.97. The van der Waals surface area contributed by atoms with Crippen LogP contribution in [0.2, 0.25) is 5.02 Å². The van der Waals surface area contributed by atoms with Gasteiger partial charge >= 0.3 is 0 Å². The van der Waals surface area contributed by atoms with Crippen molar-refractivity contribution in [2.24, 2.45) is 0 Å². The maximum atomic E-state index is 14.3. The highest BCUT2D eigenvalue weighted by atomic mass is 35.5. The molecule has 7 heteroatoms. The molecule has 132 valence electrons. The van der Waals surface area contributed by atoms with E-state index < -0.39 is 11.6 Å². The molecule has 3 aromatic rings. The Morgan fingerprint density at radius 2 is 2.04 bits per heavy atom. The molecular formula is C19H14ClF2N3O. The number of hydrogen-bond acceptors (Lipinski definition) is 2. The first-order valence-corrected chi connectivity index (χ1v) is 8.51. The van der Waals surface area contributed by atoms with E-state index in [4.69, 9.17) is 11.6 Å². The molecule has 1 aliphatic rings. The van der Waals surface area contributed by atoms with E-state index in [9.17, 15) is 13.6 Å². The van der Waals surface area contributed by atoms with Gasteiger partial charge in [-0.1, -0.05) is 17.7 Å². The Labute approximate surface area is 153 Å². The van der Waals surface area contributed by atoms with Crippen LogP contribution in [0, 0.1) is 11.6 Å². The number of nitrogens with zero attached hydrogens (tertiary/aromatic N) is 3. The summed E-state index contributed by atoms with van der Waals surface area (Å²) < 4.78 is 29.3. The summed E-state index contributed by atoms with van der Waals surface area (Å²) >= 11 is 5.98. The number of carbonyl (C=O) groups is 1. The molecule has 1 aliphatic heterocycles. The van der Waals surface area contributed by atoms with E-state index in [0.29, 0.717) is 41.2 Å². The summed E-state index contributed by atoms with van der Waals surface area (Å²) in [4.78, 5) is 14.3. The highest BCUT2D eigenvalue weighted by molar-refractivity contribution is 6.30. The summed E-state index contributed by atoms with van der Waals surface area (Å²) in [6.45, 7) is 0.372. The Hall–Kier alpha value is -2.73. The number of aryl methyl sites for hydroxylation is 1. The standard InChI is InChI=1S/C19H14ClF2N3O/c20-14-4-1-5-16(8-14)25-11-13(10-23-25)19(26)24-6-2-3-12-7-15(21)9-17(22)18(12)24/h1,4-5,7-11H,2-3,6H2. The second kappa shape index (κ2) is 6.53. The number of halogens is 3. The zero-order valence-electron chi connectivity index (χ0n) is 13.6. The van der Waals surface area contributed by atoms with Gasteiger partial charge in [-0.15, -0.1) is 0 Å². The van der Waals surface area contributed by atoms with Crippen LogP contribution in [0.25, 0.3) is 5.69 Å². The van der Waals surface area contributed by atoms with Crippen molar-refractivity contribution in [2.45, 2.75) is 12.8 Å². The first-order chi connectivity index (χ1) is 12.5. The van der Waals surface area contributed by atoms with Crippen LogP contribution in [0.5, 0.6) is 0 Å². The molecule has 26 heavy (non-hydrogen) atoms. The van der Waals surface area contributed by atoms with Crippen molar-refractivity contribution >= 4 is 23.2 Å². The van der Waals surface area contributed by atoms with Crippen molar-refractivity contribution < 1.29 is 13.6 Å². The smallest absolute Gasteiger partial charge is 0.261 e. The minimum Gasteiger partial charge on any atom is -0.305 e. The lowest BCUT2D eigenvalue weighted by molar-refractivity contribution is 0.0984. The zero-order chi connectivity index (χ0) is 18.3. The van der Waals surface area contributed by atoms with Gasteiger partial charge in [0.25, 0.3) is 5.91 Å². The van der Waals surface area contributed by atoms with Crippen LogP contribution in [0.4, 0.5) is 14.5 Å². The topological polar surface area (TPSA) is 38.1 Å². The predicted octanol–water partition coefficient (Wildman–Crippen LogP) is 4.40. The van der Waals surface area contributed by atoms with Crippen LogP contribution in [0.1, 0.15) is 22.3 Å². The minimum absolute atomic E-state index is 0.151. The molecule has 1 aromatic heterocycles. The molecule has 4 nitrogen and oxygen atoms in total. The molecule has 0 bridgehead atoms. The van der Waals surface area contributed by atoms with Crippen molar-refractivity contribution in [3.05, 3.63) is 76.6 Å². The van der Waals surface area contributed by atoms with Gasteiger partial charge in [-0.2, -0.15) is 5.10 Å². The summed E-state index contributed by atoms with van der Waals surface area (Å²) in [5.41, 5.74) is 1.69. The number of amides is 1. The largest absolute Gasteiger partial charge is 0.305 e. The number of hydrogen-bond donors (Lipinski definition) is 0. The highest BCUT2D eigenvalue weighted by Crippen LogP contribution is 2.32. The summed E-state index contributed by atoms with van der Waals surface area (Å²) in [6, 6.07) is 9.15. The average molecular weight is 374 g/mol. The van der Waals surface area contributed by atoms with Crippen molar-refractivity contribution in [1.29, 1.82) is 0 Å². The lowest BCUT2D eigenvalue weighted by atomic mass is 10.0. The maximum Gasteiger partial charge on any atom is 0.261 e. The first-order valence-electron chi connectivity index (χ1n) is 8.13. The molecule has 0 saturated carbocycles. The molecule has 0 spiro atoms. The van der Waals surface area contributed by atoms with Crippen molar-refractivity contribution in [1.82, 2.24) is 9.78 Å². The third-order valence-corrected chi connectivity index (χ3v) is 4.59. The fraction of sp³-hybridized carbons (Fsp3) is 0.158. The van der Waals surface area contributed by atoms with E-state index in [1.165, 1.54) is 21.8 Å². The van der Waals surface area contributed by atoms with E-state index in [-0.39, 0.29) is 11.6 Å². The Morgan fingerprint density at radius 1 is 1.19 bits per heavy atom. The molecule has 0 radical (unpaired) electrons. The van der Waals surface area contributed by atoms with Crippen LogP contribution in [-0.2, 0) is 6.42 Å². The van der Waals surface area contributed by atoms with Crippen molar-refractivity contribution in [3.8, 4) is 5.69 Å². The van der Waals surface area contributed by atoms with Gasteiger partial charge in [0.15, 0.2) is 0 Å². The van der Waals surface area contributed by atoms with Crippen LogP contribution in [0.15, 0.2) is 48.8 Å². The van der Waals surface area contributed by atoms with Gasteiger partial charge in [0, 0.05) is 23.8 Å². The molecule has 0 aliphatic carbocycles. The minimum atomic E-state index is -0.727. The van der Waals surface area contributed by atoms with Gasteiger partial charge in [0.1, 0.15) is 11.6 Å². The van der Waals surface area contributed by atoms with Crippen LogP contribution >= 0.6 is 11.6 Å². The highest BCUT2D eigenvalue weighted by Gasteiger charge is 2.28. The van der Waals surface area contributed by atoms with Crippen LogP contribution < -0.4 is 4.90 Å². The van der Waals surface area contributed by atoms with E-state index in [0.717, 1.165) is 6.07 Å². The van der Waals surface area contributed by atoms with E-state index in [1.807, 2.05) is 6.07 Å². The van der Waals surface area contributed by atoms with Gasteiger partial charge in [-0.3, -0.25) is 4.79 Å². The number of aromatic nitrogens is 2. The summed E-state index contributed by atoms with van der Waals surface area (Å²) in [5, 5.41) is 4.75. The van der Waals surface area contributed by atoms with Gasteiger partial charge in [0.05, 0.1) is 23.1 Å². The molecule has 2 heterocycles. The number of rotatable bonds is 2. The average Bonchev–Trinajstić information content (AvgIpc) is 3.10. The monoisotopic (exact) mass is 373 g/mol. The van der Waals surface area contributed by atoms with Crippen LogP contribution in [-0.4, -0.2) is 22.2 Å². The second-order valence-corrected chi connectivity index (χ2v) is 6.55. The lowest BCUT2D eigenvalue weighted by Gasteiger charge is -2.29. The quantitative estimate of drug-likeness (QED) is 0.668. The fourth-order valence-electron chi connectivity index (χ4n) is 3.20. The van der Waals surface area contributed by atoms with Crippen molar-refractivity contribution in [2.75, 3.05) is 11.4 Å². The van der Waals surface area contributed by atoms with Crippen molar-refractivity contribution in [3.63, 3.8) is 0 Å². The molecule has 0 fully saturated rings. The van der Waals surface area contributed by atoms with Gasteiger partial charge in [-0.05, 0) is 42.7 Å². The van der Waals surface area contributed by atoms with E-state index in [1.54, 1.807) is 24.4 Å². The Bertz CT molecular complexity index is 1000. The van der Waals surface area contributed by atoms with Gasteiger partial charge < -0.3 is 4.90 Å². The lowest BCUT2D eigenvalue weighted by Crippen LogP contribution is -2.36. The number of fused-ring (bicyclic) bond motifs is 1. The second-order valence-electron chi connectivity index (χ2n) is 6.11. The third-order valence-electron chi connectivity index (χ3n) is 4.35. The SMILES string of the molecule is O=C(c1cnn(-c2cccc(Cl)c2)c1)N1CCCc2cc(F)cc(F)c21. The maximum absolute atomic E-state index is 14.3. The normalized spacial score (nSPS) is 13.6.